The van der Waals surface area contributed by atoms with Crippen LogP contribution in [0.5, 0.6) is 5.75 Å². The first kappa shape index (κ1) is 27.1. The van der Waals surface area contributed by atoms with Crippen LogP contribution in [-0.4, -0.2) is 47.8 Å². The number of methoxy groups -OCH3 is 1. The van der Waals surface area contributed by atoms with Crippen LogP contribution in [0.1, 0.15) is 25.3 Å². The first-order chi connectivity index (χ1) is 15.8. The Kier molecular flexibility index (Phi) is 13.0. The molecule has 176 valence electrons. The molecule has 0 aliphatic heterocycles. The smallest absolute Gasteiger partial charge is 0.305 e. The quantitative estimate of drug-likeness (QED) is 0.339. The van der Waals surface area contributed by atoms with Gasteiger partial charge < -0.3 is 25.6 Å². The highest BCUT2D eigenvalue weighted by Gasteiger charge is 2.08. The summed E-state index contributed by atoms with van der Waals surface area (Å²) in [6.45, 7) is 1.48. The SMILES string of the molecule is COc1cccc(/C=C/C=C/C=C/C=C/C=C/C(O)CC(=O)NCCC(=O)O)c1NC(C)=O. The molecule has 0 spiro atoms. The van der Waals surface area contributed by atoms with Gasteiger partial charge in [-0.15, -0.1) is 0 Å². The van der Waals surface area contributed by atoms with Gasteiger partial charge in [0.2, 0.25) is 11.8 Å². The topological polar surface area (TPSA) is 125 Å². The standard InChI is InChI=1S/C25H30N2O6/c1-19(28)27-25-20(13-11-15-22(25)33-2)12-9-7-5-3-4-6-8-10-14-21(29)18-23(30)26-17-16-24(31)32/h3-15,21,29H,16-18H2,1-2H3,(H,26,30)(H,27,28)(H,31,32)/b4-3+,7-5+,8-6+,12-9+,14-10+. The van der Waals surface area contributed by atoms with Crippen molar-refractivity contribution >= 4 is 29.5 Å². The molecule has 1 atom stereocenters. The Bertz CT molecular complexity index is 944. The molecule has 0 aliphatic carbocycles. The number of carboxylic acid groups (broad SMARTS) is 1. The van der Waals surface area contributed by atoms with Crippen LogP contribution >= 0.6 is 0 Å². The average Bonchev–Trinajstić information content (AvgIpc) is 2.75. The minimum Gasteiger partial charge on any atom is -0.495 e. The van der Waals surface area contributed by atoms with E-state index in [0.717, 1.165) is 5.56 Å². The number of aliphatic hydroxyl groups excluding tert-OH is 1. The van der Waals surface area contributed by atoms with Crippen molar-refractivity contribution in [3.63, 3.8) is 0 Å². The summed E-state index contributed by atoms with van der Waals surface area (Å²) in [7, 11) is 1.55. The zero-order valence-electron chi connectivity index (χ0n) is 18.7. The lowest BCUT2D eigenvalue weighted by molar-refractivity contribution is -0.137. The summed E-state index contributed by atoms with van der Waals surface area (Å²) in [5, 5.41) is 23.5. The molecule has 0 saturated carbocycles. The number of nitrogens with one attached hydrogen (secondary N) is 2. The average molecular weight is 455 g/mol. The van der Waals surface area contributed by atoms with E-state index >= 15 is 0 Å². The minimum atomic E-state index is -0.993. The molecule has 8 nitrogen and oxygen atoms in total. The molecule has 0 heterocycles. The second kappa shape index (κ2) is 15.8. The molecule has 1 unspecified atom stereocenters. The number of para-hydroxylation sites is 1. The highest BCUT2D eigenvalue weighted by molar-refractivity contribution is 5.93. The van der Waals surface area contributed by atoms with Crippen molar-refractivity contribution in [2.75, 3.05) is 19.0 Å². The third kappa shape index (κ3) is 12.5. The van der Waals surface area contributed by atoms with E-state index in [0.29, 0.717) is 11.4 Å². The Balaban J connectivity index is 2.46. The summed E-state index contributed by atoms with van der Waals surface area (Å²) in [5.41, 5.74) is 1.43. The summed E-state index contributed by atoms with van der Waals surface area (Å²) in [5.74, 6) is -1.00. The van der Waals surface area contributed by atoms with Gasteiger partial charge in [0.05, 0.1) is 31.7 Å². The molecule has 33 heavy (non-hydrogen) atoms. The van der Waals surface area contributed by atoms with Gasteiger partial charge in [-0.3, -0.25) is 14.4 Å². The summed E-state index contributed by atoms with van der Waals surface area (Å²) in [6.07, 6.45) is 16.3. The van der Waals surface area contributed by atoms with Gasteiger partial charge >= 0.3 is 5.97 Å². The molecule has 0 radical (unpaired) electrons. The van der Waals surface area contributed by atoms with E-state index in [1.54, 1.807) is 37.5 Å². The van der Waals surface area contributed by atoms with Crippen molar-refractivity contribution in [3.8, 4) is 5.75 Å². The van der Waals surface area contributed by atoms with Crippen LogP contribution in [-0.2, 0) is 14.4 Å². The maximum absolute atomic E-state index is 11.5. The number of benzene rings is 1. The number of carbonyl (C=O) groups is 3. The second-order valence-corrected chi connectivity index (χ2v) is 6.77. The Morgan fingerprint density at radius 3 is 2.27 bits per heavy atom. The number of rotatable bonds is 13. The largest absolute Gasteiger partial charge is 0.495 e. The van der Waals surface area contributed by atoms with Crippen LogP contribution in [0.3, 0.4) is 0 Å². The normalized spacial score (nSPS) is 12.8. The predicted octanol–water partition coefficient (Wildman–Crippen LogP) is 3.23. The van der Waals surface area contributed by atoms with E-state index in [4.69, 9.17) is 9.84 Å². The van der Waals surface area contributed by atoms with E-state index in [2.05, 4.69) is 10.6 Å². The van der Waals surface area contributed by atoms with Gasteiger partial charge in [0, 0.05) is 19.0 Å². The number of hydrogen-bond acceptors (Lipinski definition) is 5. The van der Waals surface area contributed by atoms with Gasteiger partial charge in [0.1, 0.15) is 5.75 Å². The van der Waals surface area contributed by atoms with E-state index in [9.17, 15) is 19.5 Å². The summed E-state index contributed by atoms with van der Waals surface area (Å²) >= 11 is 0. The van der Waals surface area contributed by atoms with Crippen molar-refractivity contribution in [2.24, 2.45) is 0 Å². The Morgan fingerprint density at radius 1 is 1.03 bits per heavy atom. The monoisotopic (exact) mass is 454 g/mol. The number of carboxylic acids is 1. The first-order valence-corrected chi connectivity index (χ1v) is 10.3. The molecule has 0 aliphatic rings. The Labute approximate surface area is 193 Å². The molecule has 0 saturated heterocycles. The highest BCUT2D eigenvalue weighted by atomic mass is 16.5. The number of allylic oxidation sites excluding steroid dienone is 8. The lowest BCUT2D eigenvalue weighted by Crippen LogP contribution is -2.28. The zero-order chi connectivity index (χ0) is 24.5. The first-order valence-electron chi connectivity index (χ1n) is 10.3. The van der Waals surface area contributed by atoms with Crippen molar-refractivity contribution in [2.45, 2.75) is 25.9 Å². The van der Waals surface area contributed by atoms with Crippen molar-refractivity contribution in [3.05, 3.63) is 78.4 Å². The van der Waals surface area contributed by atoms with Crippen LogP contribution in [0.2, 0.25) is 0 Å². The molecule has 0 fully saturated rings. The molecule has 8 heteroatoms. The van der Waals surface area contributed by atoms with Crippen LogP contribution in [0.25, 0.3) is 6.08 Å². The van der Waals surface area contributed by atoms with E-state index < -0.39 is 18.0 Å². The third-order valence-corrected chi connectivity index (χ3v) is 4.02. The second-order valence-electron chi connectivity index (χ2n) is 6.77. The van der Waals surface area contributed by atoms with Gasteiger partial charge in [0.25, 0.3) is 0 Å². The Hall–Kier alpha value is -3.91. The van der Waals surface area contributed by atoms with Crippen LogP contribution in [0.15, 0.2) is 72.9 Å². The Morgan fingerprint density at radius 2 is 1.67 bits per heavy atom. The number of hydrogen-bond donors (Lipinski definition) is 4. The van der Waals surface area contributed by atoms with Crippen LogP contribution in [0, 0.1) is 0 Å². The minimum absolute atomic E-state index is 0.0357. The number of ether oxygens (including phenoxy) is 1. The summed E-state index contributed by atoms with van der Waals surface area (Å²) < 4.78 is 5.29. The third-order valence-electron chi connectivity index (χ3n) is 4.02. The van der Waals surface area contributed by atoms with Crippen molar-refractivity contribution in [1.29, 1.82) is 0 Å². The summed E-state index contributed by atoms with van der Waals surface area (Å²) in [4.78, 5) is 33.3. The molecule has 0 bridgehead atoms. The molecule has 1 aromatic rings. The number of aliphatic carboxylic acids is 1. The van der Waals surface area contributed by atoms with Gasteiger partial charge in [-0.2, -0.15) is 0 Å². The highest BCUT2D eigenvalue weighted by Crippen LogP contribution is 2.29. The van der Waals surface area contributed by atoms with E-state index in [1.807, 2.05) is 42.5 Å². The zero-order valence-corrected chi connectivity index (χ0v) is 18.7. The molecule has 2 amide bonds. The van der Waals surface area contributed by atoms with Crippen LogP contribution < -0.4 is 15.4 Å². The van der Waals surface area contributed by atoms with Crippen molar-refractivity contribution in [1.82, 2.24) is 5.32 Å². The molecule has 1 rings (SSSR count). The van der Waals surface area contributed by atoms with Gasteiger partial charge in [-0.05, 0) is 6.07 Å². The lowest BCUT2D eigenvalue weighted by atomic mass is 10.1. The maximum atomic E-state index is 11.5. The van der Waals surface area contributed by atoms with Crippen LogP contribution in [0.4, 0.5) is 5.69 Å². The van der Waals surface area contributed by atoms with E-state index in [1.165, 1.54) is 13.0 Å². The molecule has 0 aromatic heterocycles. The summed E-state index contributed by atoms with van der Waals surface area (Å²) in [6, 6.07) is 5.49. The molecule has 4 N–H and O–H groups in total. The van der Waals surface area contributed by atoms with Crippen molar-refractivity contribution < 1.29 is 29.3 Å². The van der Waals surface area contributed by atoms with Gasteiger partial charge in [0.15, 0.2) is 0 Å². The fourth-order valence-corrected chi connectivity index (χ4v) is 2.54. The fraction of sp³-hybridized carbons (Fsp3) is 0.240. The number of amides is 2. The predicted molar refractivity (Wildman–Crippen MR) is 129 cm³/mol. The maximum Gasteiger partial charge on any atom is 0.305 e. The molecular formula is C25H30N2O6. The van der Waals surface area contributed by atoms with Gasteiger partial charge in [-0.1, -0.05) is 72.9 Å². The van der Waals surface area contributed by atoms with Gasteiger partial charge in [-0.25, -0.2) is 0 Å². The number of anilines is 1. The number of carbonyl (C=O) groups excluding carboxylic acids is 2. The fourth-order valence-electron chi connectivity index (χ4n) is 2.54. The molecule has 1 aromatic carbocycles. The lowest BCUT2D eigenvalue weighted by Gasteiger charge is -2.11. The van der Waals surface area contributed by atoms with E-state index in [-0.39, 0.29) is 25.3 Å². The number of aliphatic hydroxyl groups is 1. The molecular weight excluding hydrogens is 424 g/mol.